The zero-order valence-electron chi connectivity index (χ0n) is 8.23. The van der Waals surface area contributed by atoms with Gasteiger partial charge in [-0.05, 0) is 0 Å². The molecule has 2 aromatic rings. The molecule has 0 bridgehead atoms. The van der Waals surface area contributed by atoms with Gasteiger partial charge in [0.25, 0.3) is 0 Å². The molecule has 7 heteroatoms. The van der Waals surface area contributed by atoms with Crippen LogP contribution in [0.5, 0.6) is 0 Å². The number of aryl methyl sites for hydroxylation is 1. The normalized spacial score (nSPS) is 10.5. The highest BCUT2D eigenvalue weighted by Crippen LogP contribution is 2.17. The smallest absolute Gasteiger partial charge is 0.202 e. The van der Waals surface area contributed by atoms with Gasteiger partial charge in [0.1, 0.15) is 5.82 Å². The average molecular weight is 241 g/mol. The molecule has 5 nitrogen and oxygen atoms in total. The van der Waals surface area contributed by atoms with E-state index in [4.69, 9.17) is 5.73 Å². The highest BCUT2D eigenvalue weighted by molar-refractivity contribution is 7.15. The zero-order valence-corrected chi connectivity index (χ0v) is 9.86. The van der Waals surface area contributed by atoms with E-state index >= 15 is 0 Å². The third kappa shape index (κ3) is 2.63. The maximum atomic E-state index is 5.53. The first-order valence-electron chi connectivity index (χ1n) is 4.54. The van der Waals surface area contributed by atoms with Crippen LogP contribution in [-0.2, 0) is 13.0 Å². The molecule has 0 aliphatic carbocycles. The van der Waals surface area contributed by atoms with E-state index in [-0.39, 0.29) is 0 Å². The molecule has 2 rings (SSSR count). The quantitative estimate of drug-likeness (QED) is 0.852. The fourth-order valence-electron chi connectivity index (χ4n) is 1.04. The standard InChI is InChI=1S/C8H11N5S2/c1-2-6-12-8(15-13-6)11-4-5-3-10-7(9)14-5/h3H,2,4H2,1H3,(H2,9,10)(H,11,12,13). The van der Waals surface area contributed by atoms with E-state index in [2.05, 4.69) is 19.7 Å². The average Bonchev–Trinajstić information content (AvgIpc) is 2.83. The zero-order chi connectivity index (χ0) is 10.7. The van der Waals surface area contributed by atoms with Gasteiger partial charge in [-0.25, -0.2) is 9.97 Å². The molecule has 0 spiro atoms. The summed E-state index contributed by atoms with van der Waals surface area (Å²) in [6, 6.07) is 0. The Kier molecular flexibility index (Phi) is 3.12. The molecule has 80 valence electrons. The molecule has 0 saturated heterocycles. The van der Waals surface area contributed by atoms with Crippen molar-refractivity contribution >= 4 is 33.1 Å². The predicted molar refractivity (Wildman–Crippen MR) is 63.1 cm³/mol. The third-order valence-electron chi connectivity index (χ3n) is 1.77. The highest BCUT2D eigenvalue weighted by atomic mass is 32.1. The van der Waals surface area contributed by atoms with Crippen molar-refractivity contribution in [3.8, 4) is 0 Å². The van der Waals surface area contributed by atoms with E-state index in [1.165, 1.54) is 22.9 Å². The van der Waals surface area contributed by atoms with Crippen LogP contribution >= 0.6 is 22.9 Å². The molecule has 0 unspecified atom stereocenters. The van der Waals surface area contributed by atoms with Crippen LogP contribution in [0.15, 0.2) is 6.20 Å². The molecule has 0 atom stereocenters. The van der Waals surface area contributed by atoms with Crippen molar-refractivity contribution in [2.45, 2.75) is 19.9 Å². The Morgan fingerprint density at radius 2 is 2.40 bits per heavy atom. The molecule has 2 aromatic heterocycles. The minimum absolute atomic E-state index is 0.596. The lowest BCUT2D eigenvalue weighted by Crippen LogP contribution is -1.96. The van der Waals surface area contributed by atoms with Crippen LogP contribution in [0.2, 0.25) is 0 Å². The molecule has 0 amide bonds. The van der Waals surface area contributed by atoms with Crippen LogP contribution in [0.1, 0.15) is 17.6 Å². The van der Waals surface area contributed by atoms with Crippen LogP contribution in [0.4, 0.5) is 10.3 Å². The monoisotopic (exact) mass is 241 g/mol. The molecule has 0 radical (unpaired) electrons. The van der Waals surface area contributed by atoms with Crippen LogP contribution in [0.25, 0.3) is 0 Å². The topological polar surface area (TPSA) is 76.7 Å². The largest absolute Gasteiger partial charge is 0.375 e. The second kappa shape index (κ2) is 4.54. The minimum atomic E-state index is 0.596. The number of nitrogens with two attached hydrogens (primary N) is 1. The molecule has 15 heavy (non-hydrogen) atoms. The van der Waals surface area contributed by atoms with Crippen LogP contribution in [0.3, 0.4) is 0 Å². The van der Waals surface area contributed by atoms with Gasteiger partial charge in [-0.3, -0.25) is 0 Å². The van der Waals surface area contributed by atoms with E-state index in [1.54, 1.807) is 6.20 Å². The summed E-state index contributed by atoms with van der Waals surface area (Å²) in [5, 5.41) is 4.63. The van der Waals surface area contributed by atoms with Crippen LogP contribution in [-0.4, -0.2) is 14.3 Å². The summed E-state index contributed by atoms with van der Waals surface area (Å²) in [7, 11) is 0. The fourth-order valence-corrected chi connectivity index (χ4v) is 2.30. The first kappa shape index (κ1) is 10.3. The van der Waals surface area contributed by atoms with Gasteiger partial charge in [0.2, 0.25) is 5.13 Å². The lowest BCUT2D eigenvalue weighted by molar-refractivity contribution is 0.994. The molecular weight excluding hydrogens is 230 g/mol. The van der Waals surface area contributed by atoms with E-state index in [1.807, 2.05) is 6.92 Å². The molecule has 0 aromatic carbocycles. The van der Waals surface area contributed by atoms with Crippen molar-refractivity contribution in [2.24, 2.45) is 0 Å². The number of aromatic nitrogens is 3. The molecular formula is C8H11N5S2. The van der Waals surface area contributed by atoms with Crippen molar-refractivity contribution in [1.29, 1.82) is 0 Å². The van der Waals surface area contributed by atoms with E-state index in [0.29, 0.717) is 11.7 Å². The molecule has 2 heterocycles. The van der Waals surface area contributed by atoms with Crippen LogP contribution in [0, 0.1) is 0 Å². The summed E-state index contributed by atoms with van der Waals surface area (Å²) in [6.45, 7) is 2.74. The van der Waals surface area contributed by atoms with Gasteiger partial charge in [0.15, 0.2) is 5.13 Å². The summed E-state index contributed by atoms with van der Waals surface area (Å²) in [6.07, 6.45) is 2.64. The number of anilines is 2. The Labute approximate surface area is 95.6 Å². The fraction of sp³-hybridized carbons (Fsp3) is 0.375. The van der Waals surface area contributed by atoms with Crippen molar-refractivity contribution in [1.82, 2.24) is 14.3 Å². The van der Waals surface area contributed by atoms with Crippen molar-refractivity contribution < 1.29 is 0 Å². The summed E-state index contributed by atoms with van der Waals surface area (Å²) >= 11 is 2.86. The van der Waals surface area contributed by atoms with Gasteiger partial charge in [-0.2, -0.15) is 4.37 Å². The van der Waals surface area contributed by atoms with Gasteiger partial charge in [0.05, 0.1) is 6.54 Å². The third-order valence-corrected chi connectivity index (χ3v) is 3.31. The second-order valence-corrected chi connectivity index (χ2v) is 4.79. The summed E-state index contributed by atoms with van der Waals surface area (Å²) in [4.78, 5) is 9.37. The highest BCUT2D eigenvalue weighted by Gasteiger charge is 2.03. The lowest BCUT2D eigenvalue weighted by Gasteiger charge is -1.96. The Morgan fingerprint density at radius 3 is 3.00 bits per heavy atom. The first-order valence-corrected chi connectivity index (χ1v) is 6.13. The Balaban J connectivity index is 1.93. The molecule has 0 fully saturated rings. The maximum absolute atomic E-state index is 5.53. The first-order chi connectivity index (χ1) is 7.28. The Morgan fingerprint density at radius 1 is 1.53 bits per heavy atom. The lowest BCUT2D eigenvalue weighted by atomic mass is 10.5. The summed E-state index contributed by atoms with van der Waals surface area (Å²) in [5.74, 6) is 0.881. The molecule has 3 N–H and O–H groups in total. The SMILES string of the molecule is CCc1nsc(NCc2cnc(N)s2)n1. The van der Waals surface area contributed by atoms with Crippen molar-refractivity contribution in [3.63, 3.8) is 0 Å². The maximum Gasteiger partial charge on any atom is 0.202 e. The number of thiazole rings is 1. The van der Waals surface area contributed by atoms with Gasteiger partial charge in [-0.15, -0.1) is 11.3 Å². The predicted octanol–water partition coefficient (Wildman–Crippen LogP) is 1.75. The van der Waals surface area contributed by atoms with Crippen molar-refractivity contribution in [3.05, 3.63) is 16.9 Å². The van der Waals surface area contributed by atoms with Gasteiger partial charge in [-0.1, -0.05) is 6.92 Å². The van der Waals surface area contributed by atoms with E-state index in [9.17, 15) is 0 Å². The Hall–Kier alpha value is -1.21. The van der Waals surface area contributed by atoms with Crippen molar-refractivity contribution in [2.75, 3.05) is 11.1 Å². The van der Waals surface area contributed by atoms with Crippen LogP contribution < -0.4 is 11.1 Å². The molecule has 0 aliphatic heterocycles. The summed E-state index contributed by atoms with van der Waals surface area (Å²) in [5.41, 5.74) is 5.53. The van der Waals surface area contributed by atoms with Gasteiger partial charge >= 0.3 is 0 Å². The van der Waals surface area contributed by atoms with Gasteiger partial charge < -0.3 is 11.1 Å². The second-order valence-electron chi connectivity index (χ2n) is 2.89. The number of hydrogen-bond acceptors (Lipinski definition) is 7. The number of nitrogen functional groups attached to an aromatic ring is 1. The molecule has 0 saturated carbocycles. The minimum Gasteiger partial charge on any atom is -0.375 e. The summed E-state index contributed by atoms with van der Waals surface area (Å²) < 4.78 is 4.18. The van der Waals surface area contributed by atoms with E-state index < -0.39 is 0 Å². The number of rotatable bonds is 4. The number of hydrogen-bond donors (Lipinski definition) is 2. The van der Waals surface area contributed by atoms with Gasteiger partial charge in [0, 0.05) is 29.0 Å². The number of nitrogens with zero attached hydrogens (tertiary/aromatic N) is 3. The van der Waals surface area contributed by atoms with E-state index in [0.717, 1.165) is 22.3 Å². The Bertz CT molecular complexity index is 436. The molecule has 0 aliphatic rings. The number of nitrogens with one attached hydrogen (secondary N) is 1.